The van der Waals surface area contributed by atoms with Crippen LogP contribution in [0.4, 0.5) is 0 Å². The van der Waals surface area contributed by atoms with Crippen molar-refractivity contribution < 1.29 is 9.53 Å². The lowest BCUT2D eigenvalue weighted by atomic mass is 10.2. The number of nitrogens with one attached hydrogen (secondary N) is 1. The van der Waals surface area contributed by atoms with Crippen molar-refractivity contribution in [3.05, 3.63) is 36.5 Å². The molecule has 1 aromatic heterocycles. The Morgan fingerprint density at radius 3 is 2.95 bits per heavy atom. The van der Waals surface area contributed by atoms with Crippen LogP contribution in [0.1, 0.15) is 13.3 Å². The number of carbonyl (C=O) groups is 1. The molecule has 1 atom stereocenters. The normalized spacial score (nSPS) is 12.5. The van der Waals surface area contributed by atoms with E-state index in [2.05, 4.69) is 28.1 Å². The molecule has 2 aromatic rings. The van der Waals surface area contributed by atoms with E-state index in [1.807, 2.05) is 25.3 Å². The average molecular weight is 260 g/mol. The smallest absolute Gasteiger partial charge is 0.222 e. The SMILES string of the molecule is COC[C@@H](C)NC(=O)CCn1ccc2ccccc21. The maximum atomic E-state index is 11.8. The van der Waals surface area contributed by atoms with Gasteiger partial charge in [0.15, 0.2) is 0 Å². The fourth-order valence-corrected chi connectivity index (χ4v) is 2.20. The van der Waals surface area contributed by atoms with Gasteiger partial charge in [-0.2, -0.15) is 0 Å². The molecule has 0 radical (unpaired) electrons. The van der Waals surface area contributed by atoms with Crippen LogP contribution in [0.3, 0.4) is 0 Å². The second-order valence-corrected chi connectivity index (χ2v) is 4.74. The zero-order valence-electron chi connectivity index (χ0n) is 11.4. The summed E-state index contributed by atoms with van der Waals surface area (Å²) in [4.78, 5) is 11.8. The van der Waals surface area contributed by atoms with Crippen LogP contribution >= 0.6 is 0 Å². The van der Waals surface area contributed by atoms with Crippen LogP contribution in [0, 0.1) is 0 Å². The van der Waals surface area contributed by atoms with Crippen molar-refractivity contribution in [2.75, 3.05) is 13.7 Å². The van der Waals surface area contributed by atoms with Gasteiger partial charge >= 0.3 is 0 Å². The summed E-state index contributed by atoms with van der Waals surface area (Å²) in [6.45, 7) is 3.17. The number of amides is 1. The molecule has 1 aromatic carbocycles. The van der Waals surface area contributed by atoms with Gasteiger partial charge in [-0.15, -0.1) is 0 Å². The van der Waals surface area contributed by atoms with Crippen molar-refractivity contribution in [2.24, 2.45) is 0 Å². The van der Waals surface area contributed by atoms with Gasteiger partial charge in [0, 0.05) is 37.8 Å². The zero-order valence-corrected chi connectivity index (χ0v) is 11.4. The maximum absolute atomic E-state index is 11.8. The van der Waals surface area contributed by atoms with Crippen molar-refractivity contribution in [1.29, 1.82) is 0 Å². The van der Waals surface area contributed by atoms with Gasteiger partial charge in [0.1, 0.15) is 0 Å². The van der Waals surface area contributed by atoms with Crippen molar-refractivity contribution in [3.8, 4) is 0 Å². The minimum Gasteiger partial charge on any atom is -0.383 e. The summed E-state index contributed by atoms with van der Waals surface area (Å²) < 4.78 is 7.10. The Labute approximate surface area is 113 Å². The highest BCUT2D eigenvalue weighted by molar-refractivity contribution is 5.80. The number of nitrogens with zero attached hydrogens (tertiary/aromatic N) is 1. The van der Waals surface area contributed by atoms with Crippen LogP contribution in [0.5, 0.6) is 0 Å². The fourth-order valence-electron chi connectivity index (χ4n) is 2.20. The summed E-state index contributed by atoms with van der Waals surface area (Å²) in [5, 5.41) is 4.12. The van der Waals surface area contributed by atoms with Gasteiger partial charge in [-0.1, -0.05) is 18.2 Å². The predicted molar refractivity (Wildman–Crippen MR) is 76.0 cm³/mol. The molecule has 1 amide bonds. The molecule has 0 unspecified atom stereocenters. The van der Waals surface area contributed by atoms with Gasteiger partial charge in [0.2, 0.25) is 5.91 Å². The summed E-state index contributed by atoms with van der Waals surface area (Å²) in [5.74, 6) is 0.0577. The van der Waals surface area contributed by atoms with Gasteiger partial charge in [-0.05, 0) is 24.4 Å². The van der Waals surface area contributed by atoms with Crippen molar-refractivity contribution in [3.63, 3.8) is 0 Å². The number of aryl methyl sites for hydroxylation is 1. The van der Waals surface area contributed by atoms with Crippen LogP contribution in [0.2, 0.25) is 0 Å². The van der Waals surface area contributed by atoms with E-state index in [1.54, 1.807) is 7.11 Å². The molecule has 0 saturated carbocycles. The van der Waals surface area contributed by atoms with Crippen LogP contribution in [0.25, 0.3) is 10.9 Å². The molecule has 1 N–H and O–H groups in total. The van der Waals surface area contributed by atoms with E-state index in [0.717, 1.165) is 0 Å². The van der Waals surface area contributed by atoms with Crippen LogP contribution in [-0.2, 0) is 16.1 Å². The quantitative estimate of drug-likeness (QED) is 0.865. The van der Waals surface area contributed by atoms with E-state index >= 15 is 0 Å². The molecule has 4 heteroatoms. The highest BCUT2D eigenvalue weighted by Crippen LogP contribution is 2.15. The molecule has 0 aliphatic rings. The molecule has 0 saturated heterocycles. The molecule has 0 aliphatic carbocycles. The minimum atomic E-state index is 0.0545. The van der Waals surface area contributed by atoms with Crippen LogP contribution in [0.15, 0.2) is 36.5 Å². The number of hydrogen-bond donors (Lipinski definition) is 1. The molecular formula is C15H20N2O2. The van der Waals surface area contributed by atoms with E-state index in [4.69, 9.17) is 4.74 Å². The molecule has 4 nitrogen and oxygen atoms in total. The first-order chi connectivity index (χ1) is 9.20. The number of carbonyl (C=O) groups excluding carboxylic acids is 1. The third-order valence-corrected chi connectivity index (χ3v) is 3.08. The third-order valence-electron chi connectivity index (χ3n) is 3.08. The first kappa shape index (κ1) is 13.6. The Kier molecular flexibility index (Phi) is 4.58. The Bertz CT molecular complexity index is 548. The predicted octanol–water partition coefficient (Wildman–Crippen LogP) is 2.18. The highest BCUT2D eigenvalue weighted by atomic mass is 16.5. The van der Waals surface area contributed by atoms with Crippen molar-refractivity contribution >= 4 is 16.8 Å². The number of rotatable bonds is 6. The highest BCUT2D eigenvalue weighted by Gasteiger charge is 2.07. The van der Waals surface area contributed by atoms with E-state index in [1.165, 1.54) is 10.9 Å². The second kappa shape index (κ2) is 6.38. The lowest BCUT2D eigenvalue weighted by Crippen LogP contribution is -2.35. The maximum Gasteiger partial charge on any atom is 0.222 e. The van der Waals surface area contributed by atoms with Crippen molar-refractivity contribution in [2.45, 2.75) is 25.9 Å². The molecule has 0 aliphatic heterocycles. The monoisotopic (exact) mass is 260 g/mol. The first-order valence-corrected chi connectivity index (χ1v) is 6.53. The summed E-state index contributed by atoms with van der Waals surface area (Å²) >= 11 is 0. The van der Waals surface area contributed by atoms with Crippen molar-refractivity contribution in [1.82, 2.24) is 9.88 Å². The summed E-state index contributed by atoms with van der Waals surface area (Å²) in [6.07, 6.45) is 2.50. The fraction of sp³-hybridized carbons (Fsp3) is 0.400. The number of ether oxygens (including phenoxy) is 1. The van der Waals surface area contributed by atoms with E-state index in [-0.39, 0.29) is 11.9 Å². The number of benzene rings is 1. The number of aromatic nitrogens is 1. The van der Waals surface area contributed by atoms with Crippen LogP contribution in [-0.4, -0.2) is 30.2 Å². The summed E-state index contributed by atoms with van der Waals surface area (Å²) in [7, 11) is 1.63. The second-order valence-electron chi connectivity index (χ2n) is 4.74. The molecule has 19 heavy (non-hydrogen) atoms. The first-order valence-electron chi connectivity index (χ1n) is 6.53. The molecule has 2 rings (SSSR count). The van der Waals surface area contributed by atoms with Gasteiger partial charge in [0.25, 0.3) is 0 Å². The van der Waals surface area contributed by atoms with E-state index in [0.29, 0.717) is 19.6 Å². The van der Waals surface area contributed by atoms with Gasteiger partial charge < -0.3 is 14.6 Å². The lowest BCUT2D eigenvalue weighted by Gasteiger charge is -2.13. The molecular weight excluding hydrogens is 240 g/mol. The zero-order chi connectivity index (χ0) is 13.7. The summed E-state index contributed by atoms with van der Waals surface area (Å²) in [5.41, 5.74) is 1.17. The third kappa shape index (κ3) is 3.58. The standard InChI is InChI=1S/C15H20N2O2/c1-12(11-19-2)16-15(18)8-10-17-9-7-13-5-3-4-6-14(13)17/h3-7,9,12H,8,10-11H2,1-2H3,(H,16,18)/t12-/m1/s1. The Morgan fingerprint density at radius 1 is 1.37 bits per heavy atom. The topological polar surface area (TPSA) is 43.3 Å². The average Bonchev–Trinajstić information content (AvgIpc) is 2.80. The molecule has 0 bridgehead atoms. The largest absolute Gasteiger partial charge is 0.383 e. The molecule has 102 valence electrons. The molecule has 1 heterocycles. The lowest BCUT2D eigenvalue weighted by molar-refractivity contribution is -0.122. The Morgan fingerprint density at radius 2 is 2.16 bits per heavy atom. The minimum absolute atomic E-state index is 0.0545. The number of fused-ring (bicyclic) bond motifs is 1. The van der Waals surface area contributed by atoms with Gasteiger partial charge in [-0.25, -0.2) is 0 Å². The molecule has 0 spiro atoms. The van der Waals surface area contributed by atoms with E-state index < -0.39 is 0 Å². The summed E-state index contributed by atoms with van der Waals surface area (Å²) in [6, 6.07) is 10.3. The number of hydrogen-bond acceptors (Lipinski definition) is 2. The number of para-hydroxylation sites is 1. The number of methoxy groups -OCH3 is 1. The Hall–Kier alpha value is -1.81. The van der Waals surface area contributed by atoms with Gasteiger partial charge in [0.05, 0.1) is 6.61 Å². The van der Waals surface area contributed by atoms with Crippen LogP contribution < -0.4 is 5.32 Å². The van der Waals surface area contributed by atoms with E-state index in [9.17, 15) is 4.79 Å². The van der Waals surface area contributed by atoms with Gasteiger partial charge in [-0.3, -0.25) is 4.79 Å². The molecule has 0 fully saturated rings. The Balaban J connectivity index is 1.90.